The van der Waals surface area contributed by atoms with Crippen molar-refractivity contribution >= 4 is 16.0 Å². The van der Waals surface area contributed by atoms with Crippen LogP contribution in [0.2, 0.25) is 0 Å². The Bertz CT molecular complexity index is 880. The summed E-state index contributed by atoms with van der Waals surface area (Å²) in [4.78, 5) is 11.8. The molecule has 2 aromatic carbocycles. The van der Waals surface area contributed by atoms with Crippen LogP contribution >= 0.6 is 0 Å². The lowest BCUT2D eigenvalue weighted by Crippen LogP contribution is -2.55. The third-order valence-corrected chi connectivity index (χ3v) is 6.55. The molecule has 6 heteroatoms. The Morgan fingerprint density at radius 1 is 0.923 bits per heavy atom. The van der Waals surface area contributed by atoms with E-state index >= 15 is 0 Å². The first-order valence-electron chi connectivity index (χ1n) is 8.77. The van der Waals surface area contributed by atoms with Crippen LogP contribution in [-0.2, 0) is 14.8 Å². The summed E-state index contributed by atoms with van der Waals surface area (Å²) in [7, 11) is -3.90. The van der Waals surface area contributed by atoms with Crippen LogP contribution in [0.3, 0.4) is 0 Å². The van der Waals surface area contributed by atoms with Crippen molar-refractivity contribution in [2.24, 2.45) is 0 Å². The van der Waals surface area contributed by atoms with Crippen molar-refractivity contribution in [2.75, 3.05) is 0 Å². The lowest BCUT2D eigenvalue weighted by Gasteiger charge is -2.33. The Morgan fingerprint density at radius 3 is 1.92 bits per heavy atom. The van der Waals surface area contributed by atoms with Gasteiger partial charge in [0, 0.05) is 0 Å². The average molecular weight is 373 g/mol. The monoisotopic (exact) mass is 373 g/mol. The van der Waals surface area contributed by atoms with Gasteiger partial charge in [0.25, 0.3) is 0 Å². The minimum absolute atomic E-state index is 0.0829. The molecule has 0 heterocycles. The molecule has 0 aromatic heterocycles. The molecular weight excluding hydrogens is 350 g/mol. The highest BCUT2D eigenvalue weighted by Gasteiger charge is 2.43. The highest BCUT2D eigenvalue weighted by Crippen LogP contribution is 2.30. The van der Waals surface area contributed by atoms with Crippen molar-refractivity contribution in [1.29, 1.82) is 0 Å². The topological polar surface area (TPSA) is 83.5 Å². The molecule has 0 unspecified atom stereocenters. The van der Waals surface area contributed by atoms with Crippen LogP contribution in [0.15, 0.2) is 53.4 Å². The number of hydrogen-bond donors (Lipinski definition) is 2. The van der Waals surface area contributed by atoms with Crippen molar-refractivity contribution < 1.29 is 18.3 Å². The number of aliphatic carboxylic acids is 1. The molecule has 5 nitrogen and oxygen atoms in total. The van der Waals surface area contributed by atoms with Gasteiger partial charge in [0.1, 0.15) is 5.54 Å². The molecule has 0 bridgehead atoms. The molecule has 0 spiro atoms. The van der Waals surface area contributed by atoms with E-state index in [0.717, 1.165) is 23.1 Å². The van der Waals surface area contributed by atoms with Gasteiger partial charge in [-0.3, -0.25) is 4.79 Å². The van der Waals surface area contributed by atoms with Gasteiger partial charge in [0.2, 0.25) is 10.0 Å². The minimum Gasteiger partial charge on any atom is -0.480 e. The second kappa shape index (κ2) is 7.21. The van der Waals surface area contributed by atoms with Gasteiger partial charge < -0.3 is 5.11 Å². The van der Waals surface area contributed by atoms with Crippen LogP contribution in [0.4, 0.5) is 0 Å². The third-order valence-electron chi connectivity index (χ3n) is 5.00. The van der Waals surface area contributed by atoms with E-state index < -0.39 is 21.5 Å². The standard InChI is InChI=1S/C20H23NO4S/c1-15-5-7-16(8-6-15)17-9-11-18(12-10-17)26(24,25)21-20(19(22)23)13-3-2-4-14-20/h5-12,21H,2-4,13-14H2,1H3,(H,22,23). The number of aryl methyl sites for hydroxylation is 1. The third kappa shape index (κ3) is 3.81. The van der Waals surface area contributed by atoms with Gasteiger partial charge in [-0.05, 0) is 43.0 Å². The Hall–Kier alpha value is -2.18. The van der Waals surface area contributed by atoms with Gasteiger partial charge in [-0.1, -0.05) is 61.2 Å². The Labute approximate surface area is 154 Å². The van der Waals surface area contributed by atoms with Crippen LogP contribution in [0, 0.1) is 6.92 Å². The number of carbonyl (C=O) groups is 1. The SMILES string of the molecule is Cc1ccc(-c2ccc(S(=O)(=O)NC3(C(=O)O)CCCCC3)cc2)cc1. The summed E-state index contributed by atoms with van der Waals surface area (Å²) in [5.74, 6) is -1.10. The summed E-state index contributed by atoms with van der Waals surface area (Å²) < 4.78 is 27.9. The largest absolute Gasteiger partial charge is 0.480 e. The van der Waals surface area contributed by atoms with Gasteiger partial charge in [0.15, 0.2) is 0 Å². The predicted molar refractivity (Wildman–Crippen MR) is 100 cm³/mol. The van der Waals surface area contributed by atoms with Crippen molar-refractivity contribution in [3.05, 3.63) is 54.1 Å². The molecule has 0 atom stereocenters. The molecular formula is C20H23NO4S. The maximum absolute atomic E-state index is 12.7. The zero-order chi connectivity index (χ0) is 18.8. The van der Waals surface area contributed by atoms with Crippen LogP contribution in [0.5, 0.6) is 0 Å². The fraction of sp³-hybridized carbons (Fsp3) is 0.350. The molecule has 0 aliphatic heterocycles. The van der Waals surface area contributed by atoms with Crippen LogP contribution in [0.25, 0.3) is 11.1 Å². The predicted octanol–water partition coefficient (Wildman–Crippen LogP) is 3.73. The summed E-state index contributed by atoms with van der Waals surface area (Å²) in [5.41, 5.74) is 1.67. The molecule has 0 amide bonds. The van der Waals surface area contributed by atoms with Crippen LogP contribution < -0.4 is 4.72 Å². The first-order chi connectivity index (χ1) is 12.3. The zero-order valence-electron chi connectivity index (χ0n) is 14.7. The first kappa shape index (κ1) is 18.6. The normalized spacial score (nSPS) is 17.0. The Kier molecular flexibility index (Phi) is 5.16. The molecule has 1 aliphatic carbocycles. The maximum atomic E-state index is 12.7. The second-order valence-electron chi connectivity index (χ2n) is 6.94. The average Bonchev–Trinajstić information content (AvgIpc) is 2.63. The van der Waals surface area contributed by atoms with Gasteiger partial charge in [-0.25, -0.2) is 8.42 Å². The molecule has 1 saturated carbocycles. The number of carboxylic acids is 1. The zero-order valence-corrected chi connectivity index (χ0v) is 15.6. The number of carboxylic acid groups (broad SMARTS) is 1. The summed E-state index contributed by atoms with van der Waals surface area (Å²) in [6.45, 7) is 2.01. The quantitative estimate of drug-likeness (QED) is 0.836. The summed E-state index contributed by atoms with van der Waals surface area (Å²) in [5, 5.41) is 9.59. The van der Waals surface area contributed by atoms with Gasteiger partial charge >= 0.3 is 5.97 Å². The van der Waals surface area contributed by atoms with E-state index in [9.17, 15) is 18.3 Å². The van der Waals surface area contributed by atoms with E-state index in [4.69, 9.17) is 0 Å². The van der Waals surface area contributed by atoms with Gasteiger partial charge in [-0.2, -0.15) is 4.72 Å². The first-order valence-corrected chi connectivity index (χ1v) is 10.3. The lowest BCUT2D eigenvalue weighted by molar-refractivity contribution is -0.145. The summed E-state index contributed by atoms with van der Waals surface area (Å²) in [6, 6.07) is 14.5. The number of nitrogens with one attached hydrogen (secondary N) is 1. The Balaban J connectivity index is 1.85. The van der Waals surface area contributed by atoms with E-state index in [-0.39, 0.29) is 4.90 Å². The van der Waals surface area contributed by atoms with E-state index in [2.05, 4.69) is 4.72 Å². The molecule has 26 heavy (non-hydrogen) atoms. The van der Waals surface area contributed by atoms with Gasteiger partial charge in [-0.15, -0.1) is 0 Å². The highest BCUT2D eigenvalue weighted by molar-refractivity contribution is 7.89. The molecule has 1 aliphatic rings. The minimum atomic E-state index is -3.90. The summed E-state index contributed by atoms with van der Waals surface area (Å²) >= 11 is 0. The van der Waals surface area contributed by atoms with Crippen molar-refractivity contribution in [3.63, 3.8) is 0 Å². The number of sulfonamides is 1. The number of hydrogen-bond acceptors (Lipinski definition) is 3. The van der Waals surface area contributed by atoms with E-state index in [1.807, 2.05) is 31.2 Å². The highest BCUT2D eigenvalue weighted by atomic mass is 32.2. The Morgan fingerprint density at radius 2 is 1.42 bits per heavy atom. The molecule has 1 fully saturated rings. The van der Waals surface area contributed by atoms with Crippen LogP contribution in [0.1, 0.15) is 37.7 Å². The maximum Gasteiger partial charge on any atom is 0.324 e. The summed E-state index contributed by atoms with van der Waals surface area (Å²) in [6.07, 6.45) is 3.00. The number of rotatable bonds is 5. The van der Waals surface area contributed by atoms with E-state index in [1.54, 1.807) is 12.1 Å². The van der Waals surface area contributed by atoms with E-state index in [0.29, 0.717) is 25.7 Å². The molecule has 0 radical (unpaired) electrons. The number of benzene rings is 2. The second-order valence-corrected chi connectivity index (χ2v) is 8.63. The fourth-order valence-corrected chi connectivity index (χ4v) is 4.82. The van der Waals surface area contributed by atoms with Crippen LogP contribution in [-0.4, -0.2) is 25.0 Å². The van der Waals surface area contributed by atoms with Crippen molar-refractivity contribution in [2.45, 2.75) is 49.5 Å². The fourth-order valence-electron chi connectivity index (χ4n) is 3.40. The molecule has 0 saturated heterocycles. The van der Waals surface area contributed by atoms with Gasteiger partial charge in [0.05, 0.1) is 4.90 Å². The molecule has 2 aromatic rings. The van der Waals surface area contributed by atoms with E-state index in [1.165, 1.54) is 12.1 Å². The smallest absolute Gasteiger partial charge is 0.324 e. The molecule has 138 valence electrons. The van der Waals surface area contributed by atoms with Crippen molar-refractivity contribution in [3.8, 4) is 11.1 Å². The van der Waals surface area contributed by atoms with Crippen molar-refractivity contribution in [1.82, 2.24) is 4.72 Å². The lowest BCUT2D eigenvalue weighted by atomic mass is 9.83. The molecule has 2 N–H and O–H groups in total. The molecule has 3 rings (SSSR count).